The molecule has 0 amide bonds. The summed E-state index contributed by atoms with van der Waals surface area (Å²) in [5.41, 5.74) is 0. The van der Waals surface area contributed by atoms with Crippen LogP contribution >= 0.6 is 0 Å². The lowest BCUT2D eigenvalue weighted by atomic mass is 10.2. The fourth-order valence-electron chi connectivity index (χ4n) is 2.37. The van der Waals surface area contributed by atoms with E-state index in [0.717, 1.165) is 50.4 Å². The third-order valence-electron chi connectivity index (χ3n) is 3.81. The second-order valence-corrected chi connectivity index (χ2v) is 6.61. The van der Waals surface area contributed by atoms with Crippen molar-refractivity contribution >= 4 is 5.96 Å². The van der Waals surface area contributed by atoms with Gasteiger partial charge in [0.1, 0.15) is 5.82 Å². The fourth-order valence-corrected chi connectivity index (χ4v) is 2.37. The summed E-state index contributed by atoms with van der Waals surface area (Å²) in [5.74, 6) is 3.30. The smallest absolute Gasteiger partial charge is 0.191 e. The van der Waals surface area contributed by atoms with Crippen LogP contribution in [0.5, 0.6) is 0 Å². The van der Waals surface area contributed by atoms with E-state index in [4.69, 9.17) is 4.74 Å². The van der Waals surface area contributed by atoms with Gasteiger partial charge in [-0.25, -0.2) is 4.98 Å². The molecule has 1 aliphatic carbocycles. The van der Waals surface area contributed by atoms with Crippen molar-refractivity contribution in [1.82, 2.24) is 20.2 Å². The van der Waals surface area contributed by atoms with E-state index in [0.29, 0.717) is 12.5 Å². The van der Waals surface area contributed by atoms with Gasteiger partial charge in [0.05, 0.1) is 6.54 Å². The Morgan fingerprint density at radius 1 is 1.43 bits per heavy atom. The van der Waals surface area contributed by atoms with Gasteiger partial charge >= 0.3 is 0 Å². The maximum atomic E-state index is 5.63. The number of ether oxygens (including phenoxy) is 1. The number of nitrogens with zero attached hydrogens (tertiary/aromatic N) is 3. The molecule has 0 spiro atoms. The first-order chi connectivity index (χ1) is 11.2. The van der Waals surface area contributed by atoms with E-state index in [-0.39, 0.29) is 0 Å². The van der Waals surface area contributed by atoms with Crippen molar-refractivity contribution in [1.29, 1.82) is 0 Å². The Bertz CT molecular complexity index is 479. The largest absolute Gasteiger partial charge is 0.381 e. The Kier molecular flexibility index (Phi) is 7.39. The molecule has 6 nitrogen and oxygen atoms in total. The standard InChI is InChI=1S/C17H31N5O/c1-14(2)12-22-9-8-19-16(22)11-21-17(18-3)20-7-4-10-23-13-15-5-6-15/h8-9,14-15H,4-7,10-13H2,1-3H3,(H2,18,20,21). The molecule has 23 heavy (non-hydrogen) atoms. The number of rotatable bonds is 10. The molecule has 1 aliphatic rings. The first-order valence-corrected chi connectivity index (χ1v) is 8.71. The Hall–Kier alpha value is -1.56. The number of imidazole rings is 1. The van der Waals surface area contributed by atoms with Gasteiger partial charge in [-0.2, -0.15) is 0 Å². The first kappa shape index (κ1) is 17.8. The fraction of sp³-hybridized carbons (Fsp3) is 0.765. The van der Waals surface area contributed by atoms with Crippen molar-refractivity contribution in [2.45, 2.75) is 46.2 Å². The number of hydrogen-bond donors (Lipinski definition) is 2. The lowest BCUT2D eigenvalue weighted by Crippen LogP contribution is -2.38. The topological polar surface area (TPSA) is 63.5 Å². The second-order valence-electron chi connectivity index (χ2n) is 6.61. The van der Waals surface area contributed by atoms with Crippen LogP contribution in [0.1, 0.15) is 38.9 Å². The van der Waals surface area contributed by atoms with Gasteiger partial charge in [0, 0.05) is 45.7 Å². The number of nitrogens with one attached hydrogen (secondary N) is 2. The van der Waals surface area contributed by atoms with Gasteiger partial charge in [0.15, 0.2) is 5.96 Å². The first-order valence-electron chi connectivity index (χ1n) is 8.71. The Balaban J connectivity index is 1.61. The molecule has 1 aromatic rings. The van der Waals surface area contributed by atoms with Gasteiger partial charge < -0.3 is 19.9 Å². The molecular formula is C17H31N5O. The van der Waals surface area contributed by atoms with Crippen LogP contribution in [0.15, 0.2) is 17.4 Å². The summed E-state index contributed by atoms with van der Waals surface area (Å²) < 4.78 is 7.82. The van der Waals surface area contributed by atoms with Crippen molar-refractivity contribution in [3.8, 4) is 0 Å². The van der Waals surface area contributed by atoms with Crippen LogP contribution in [0.2, 0.25) is 0 Å². The van der Waals surface area contributed by atoms with E-state index in [1.54, 1.807) is 7.05 Å². The summed E-state index contributed by atoms with van der Waals surface area (Å²) in [7, 11) is 1.79. The predicted octanol–water partition coefficient (Wildman–Crippen LogP) is 2.02. The molecule has 1 aromatic heterocycles. The van der Waals surface area contributed by atoms with Gasteiger partial charge in [-0.05, 0) is 31.1 Å². The molecule has 0 atom stereocenters. The number of hydrogen-bond acceptors (Lipinski definition) is 3. The molecule has 0 saturated heterocycles. The highest BCUT2D eigenvalue weighted by atomic mass is 16.5. The van der Waals surface area contributed by atoms with Gasteiger partial charge in [0.2, 0.25) is 0 Å². The zero-order valence-corrected chi connectivity index (χ0v) is 14.7. The molecule has 0 radical (unpaired) electrons. The molecule has 0 unspecified atom stereocenters. The molecule has 6 heteroatoms. The molecule has 0 aromatic carbocycles. The predicted molar refractivity (Wildman–Crippen MR) is 93.4 cm³/mol. The highest BCUT2D eigenvalue weighted by molar-refractivity contribution is 5.79. The van der Waals surface area contributed by atoms with Crippen molar-refractivity contribution in [3.63, 3.8) is 0 Å². The normalized spacial score (nSPS) is 15.2. The van der Waals surface area contributed by atoms with Crippen LogP contribution in [-0.2, 0) is 17.8 Å². The quantitative estimate of drug-likeness (QED) is 0.393. The third kappa shape index (κ3) is 7.03. The highest BCUT2D eigenvalue weighted by Crippen LogP contribution is 2.28. The van der Waals surface area contributed by atoms with Gasteiger partial charge in [-0.3, -0.25) is 4.99 Å². The molecule has 1 heterocycles. The van der Waals surface area contributed by atoms with E-state index < -0.39 is 0 Å². The van der Waals surface area contributed by atoms with Crippen molar-refractivity contribution < 1.29 is 4.74 Å². The van der Waals surface area contributed by atoms with Crippen LogP contribution in [0, 0.1) is 11.8 Å². The molecular weight excluding hydrogens is 290 g/mol. The van der Waals surface area contributed by atoms with Crippen LogP contribution in [0.4, 0.5) is 0 Å². The zero-order chi connectivity index (χ0) is 16.5. The summed E-state index contributed by atoms with van der Waals surface area (Å²) in [6.45, 7) is 8.71. The van der Waals surface area contributed by atoms with Crippen molar-refractivity contribution in [2.24, 2.45) is 16.8 Å². The molecule has 0 aliphatic heterocycles. The molecule has 1 fully saturated rings. The summed E-state index contributed by atoms with van der Waals surface area (Å²) in [6, 6.07) is 0. The number of aromatic nitrogens is 2. The van der Waals surface area contributed by atoms with E-state index >= 15 is 0 Å². The lowest BCUT2D eigenvalue weighted by Gasteiger charge is -2.14. The summed E-state index contributed by atoms with van der Waals surface area (Å²) in [5, 5.41) is 6.64. The Morgan fingerprint density at radius 2 is 2.26 bits per heavy atom. The number of aliphatic imine (C=N–C) groups is 1. The molecule has 130 valence electrons. The van der Waals surface area contributed by atoms with Crippen LogP contribution in [0.25, 0.3) is 0 Å². The van der Waals surface area contributed by atoms with Crippen LogP contribution in [0.3, 0.4) is 0 Å². The average Bonchev–Trinajstić information content (AvgIpc) is 3.25. The average molecular weight is 321 g/mol. The van der Waals surface area contributed by atoms with E-state index in [1.807, 2.05) is 12.4 Å². The molecule has 2 N–H and O–H groups in total. The summed E-state index contributed by atoms with van der Waals surface area (Å²) in [4.78, 5) is 8.67. The minimum absolute atomic E-state index is 0.607. The Morgan fingerprint density at radius 3 is 2.96 bits per heavy atom. The van der Waals surface area contributed by atoms with Crippen LogP contribution in [-0.4, -0.2) is 42.3 Å². The third-order valence-corrected chi connectivity index (χ3v) is 3.81. The van der Waals surface area contributed by atoms with Crippen molar-refractivity contribution in [3.05, 3.63) is 18.2 Å². The molecule has 1 saturated carbocycles. The van der Waals surface area contributed by atoms with E-state index in [2.05, 4.69) is 39.0 Å². The van der Waals surface area contributed by atoms with Gasteiger partial charge in [0.25, 0.3) is 0 Å². The molecule has 2 rings (SSSR count). The minimum atomic E-state index is 0.607. The minimum Gasteiger partial charge on any atom is -0.381 e. The lowest BCUT2D eigenvalue weighted by molar-refractivity contribution is 0.123. The Labute approximate surface area is 139 Å². The van der Waals surface area contributed by atoms with Gasteiger partial charge in [-0.1, -0.05) is 13.8 Å². The van der Waals surface area contributed by atoms with Gasteiger partial charge in [-0.15, -0.1) is 0 Å². The monoisotopic (exact) mass is 321 g/mol. The zero-order valence-electron chi connectivity index (χ0n) is 14.7. The van der Waals surface area contributed by atoms with Crippen molar-refractivity contribution in [2.75, 3.05) is 26.8 Å². The van der Waals surface area contributed by atoms with E-state index in [9.17, 15) is 0 Å². The number of guanidine groups is 1. The van der Waals surface area contributed by atoms with E-state index in [1.165, 1.54) is 12.8 Å². The summed E-state index contributed by atoms with van der Waals surface area (Å²) in [6.07, 6.45) is 7.58. The SMILES string of the molecule is CN=C(NCCCOCC1CC1)NCc1nccn1CC(C)C. The highest BCUT2D eigenvalue weighted by Gasteiger charge is 2.20. The second kappa shape index (κ2) is 9.55. The molecule has 0 bridgehead atoms. The maximum absolute atomic E-state index is 5.63. The van der Waals surface area contributed by atoms with Crippen LogP contribution < -0.4 is 10.6 Å². The summed E-state index contributed by atoms with van der Waals surface area (Å²) >= 11 is 0. The maximum Gasteiger partial charge on any atom is 0.191 e.